The molecule has 1 heterocycles. The maximum Gasteiger partial charge on any atom is 0.143 e. The summed E-state index contributed by atoms with van der Waals surface area (Å²) in [7, 11) is 3.81. The van der Waals surface area contributed by atoms with E-state index >= 15 is 0 Å². The van der Waals surface area contributed by atoms with Gasteiger partial charge in [-0.05, 0) is 51.5 Å². The zero-order chi connectivity index (χ0) is 13.7. The number of hydrogen-bond acceptors (Lipinski definition) is 4. The molecule has 1 atom stereocenters. The predicted molar refractivity (Wildman–Crippen MR) is 76.5 cm³/mol. The van der Waals surface area contributed by atoms with Crippen molar-refractivity contribution in [2.45, 2.75) is 25.3 Å². The number of nitrogens with one attached hydrogen (secondary N) is 1. The molecule has 0 aliphatic carbocycles. The highest BCUT2D eigenvalue weighted by Gasteiger charge is 2.16. The van der Waals surface area contributed by atoms with E-state index in [-0.39, 0.29) is 0 Å². The molecule has 0 radical (unpaired) electrons. The highest BCUT2D eigenvalue weighted by molar-refractivity contribution is 5.59. The Bertz CT molecular complexity index is 467. The van der Waals surface area contributed by atoms with Gasteiger partial charge >= 0.3 is 0 Å². The number of hydrogen-bond donors (Lipinski definition) is 1. The van der Waals surface area contributed by atoms with Crippen LogP contribution in [0.1, 0.15) is 24.8 Å². The molecule has 2 rings (SSSR count). The molecule has 0 spiro atoms. The third-order valence-electron chi connectivity index (χ3n) is 3.64. The van der Waals surface area contributed by atoms with Gasteiger partial charge in [-0.2, -0.15) is 5.26 Å². The van der Waals surface area contributed by atoms with Gasteiger partial charge in [0.15, 0.2) is 0 Å². The molecule has 102 valence electrons. The zero-order valence-electron chi connectivity index (χ0n) is 11.6. The molecule has 4 heteroatoms. The van der Waals surface area contributed by atoms with Crippen LogP contribution in [-0.2, 0) is 0 Å². The largest absolute Gasteiger partial charge is 0.495 e. The minimum Gasteiger partial charge on any atom is -0.495 e. The number of rotatable bonds is 3. The van der Waals surface area contributed by atoms with Gasteiger partial charge in [-0.3, -0.25) is 0 Å². The number of nitrogens with zero attached hydrogens (tertiary/aromatic N) is 2. The van der Waals surface area contributed by atoms with Gasteiger partial charge in [0, 0.05) is 12.1 Å². The first-order valence-corrected chi connectivity index (χ1v) is 6.76. The molecule has 0 aromatic heterocycles. The Kier molecular flexibility index (Phi) is 4.64. The monoisotopic (exact) mass is 259 g/mol. The molecular formula is C15H21N3O. The van der Waals surface area contributed by atoms with E-state index in [2.05, 4.69) is 23.3 Å². The SMILES string of the molecule is COc1cc(C#N)ccc1NC1CCCN(C)CC1. The van der Waals surface area contributed by atoms with E-state index < -0.39 is 0 Å². The molecule has 1 N–H and O–H groups in total. The van der Waals surface area contributed by atoms with E-state index in [1.54, 1.807) is 13.2 Å². The van der Waals surface area contributed by atoms with Gasteiger partial charge in [-0.1, -0.05) is 0 Å². The number of anilines is 1. The number of likely N-dealkylation sites (tertiary alicyclic amines) is 1. The van der Waals surface area contributed by atoms with Crippen molar-refractivity contribution >= 4 is 5.69 Å². The Hall–Kier alpha value is -1.73. The second-order valence-corrected chi connectivity index (χ2v) is 5.10. The quantitative estimate of drug-likeness (QED) is 0.906. The molecule has 19 heavy (non-hydrogen) atoms. The molecule has 0 saturated carbocycles. The van der Waals surface area contributed by atoms with Gasteiger partial charge in [0.05, 0.1) is 24.4 Å². The zero-order valence-corrected chi connectivity index (χ0v) is 11.6. The smallest absolute Gasteiger partial charge is 0.143 e. The molecule has 1 aliphatic rings. The van der Waals surface area contributed by atoms with Crippen LogP contribution in [0.4, 0.5) is 5.69 Å². The van der Waals surface area contributed by atoms with Crippen LogP contribution in [0.25, 0.3) is 0 Å². The molecular weight excluding hydrogens is 238 g/mol. The highest BCUT2D eigenvalue weighted by atomic mass is 16.5. The van der Waals surface area contributed by atoms with Crippen LogP contribution in [0.15, 0.2) is 18.2 Å². The lowest BCUT2D eigenvalue weighted by Crippen LogP contribution is -2.23. The normalized spacial score (nSPS) is 20.4. The molecule has 0 amide bonds. The Balaban J connectivity index is 2.08. The summed E-state index contributed by atoms with van der Waals surface area (Å²) in [6, 6.07) is 8.16. The average Bonchev–Trinajstić information content (AvgIpc) is 2.64. The van der Waals surface area contributed by atoms with Crippen molar-refractivity contribution < 1.29 is 4.74 Å². The second kappa shape index (κ2) is 6.44. The lowest BCUT2D eigenvalue weighted by atomic mass is 10.1. The molecule has 1 unspecified atom stereocenters. The van der Waals surface area contributed by atoms with Crippen LogP contribution in [0.3, 0.4) is 0 Å². The molecule has 4 nitrogen and oxygen atoms in total. The van der Waals surface area contributed by atoms with E-state index in [0.29, 0.717) is 11.6 Å². The van der Waals surface area contributed by atoms with Crippen molar-refractivity contribution in [3.63, 3.8) is 0 Å². The summed E-state index contributed by atoms with van der Waals surface area (Å²) in [5.74, 6) is 0.747. The van der Waals surface area contributed by atoms with E-state index in [4.69, 9.17) is 10.00 Å². The summed E-state index contributed by atoms with van der Waals surface area (Å²) in [6.07, 6.45) is 3.53. The fourth-order valence-corrected chi connectivity index (χ4v) is 2.48. The van der Waals surface area contributed by atoms with Gasteiger partial charge in [0.2, 0.25) is 0 Å². The number of methoxy groups -OCH3 is 1. The van der Waals surface area contributed by atoms with Gasteiger partial charge in [-0.25, -0.2) is 0 Å². The van der Waals surface area contributed by atoms with Crippen molar-refractivity contribution in [1.82, 2.24) is 4.90 Å². The van der Waals surface area contributed by atoms with Crippen molar-refractivity contribution in [2.24, 2.45) is 0 Å². The topological polar surface area (TPSA) is 48.3 Å². The van der Waals surface area contributed by atoms with Gasteiger partial charge < -0.3 is 15.0 Å². The van der Waals surface area contributed by atoms with Crippen LogP contribution in [0.2, 0.25) is 0 Å². The van der Waals surface area contributed by atoms with Crippen molar-refractivity contribution in [3.05, 3.63) is 23.8 Å². The Morgan fingerprint density at radius 2 is 2.21 bits per heavy atom. The lowest BCUT2D eigenvalue weighted by Gasteiger charge is -2.20. The van der Waals surface area contributed by atoms with Gasteiger partial charge in [0.1, 0.15) is 5.75 Å². The van der Waals surface area contributed by atoms with E-state index in [1.165, 1.54) is 19.4 Å². The Labute approximate surface area is 115 Å². The predicted octanol–water partition coefficient (Wildman–Crippen LogP) is 2.46. The van der Waals surface area contributed by atoms with Gasteiger partial charge in [0.25, 0.3) is 0 Å². The summed E-state index contributed by atoms with van der Waals surface area (Å²) >= 11 is 0. The minimum atomic E-state index is 0.479. The van der Waals surface area contributed by atoms with Crippen LogP contribution in [-0.4, -0.2) is 38.2 Å². The molecule has 1 saturated heterocycles. The number of ether oxygens (including phenoxy) is 1. The van der Waals surface area contributed by atoms with E-state index in [9.17, 15) is 0 Å². The van der Waals surface area contributed by atoms with Crippen LogP contribution in [0, 0.1) is 11.3 Å². The maximum absolute atomic E-state index is 8.90. The molecule has 1 fully saturated rings. The lowest BCUT2D eigenvalue weighted by molar-refractivity contribution is 0.348. The van der Waals surface area contributed by atoms with Crippen molar-refractivity contribution in [2.75, 3.05) is 32.6 Å². The third kappa shape index (κ3) is 3.62. The molecule has 1 aromatic rings. The second-order valence-electron chi connectivity index (χ2n) is 5.10. The van der Waals surface area contributed by atoms with Crippen LogP contribution < -0.4 is 10.1 Å². The summed E-state index contributed by atoms with van der Waals surface area (Å²) in [5, 5.41) is 12.5. The summed E-state index contributed by atoms with van der Waals surface area (Å²) < 4.78 is 5.36. The van der Waals surface area contributed by atoms with Gasteiger partial charge in [-0.15, -0.1) is 0 Å². The highest BCUT2D eigenvalue weighted by Crippen LogP contribution is 2.27. The van der Waals surface area contributed by atoms with E-state index in [1.807, 2.05) is 12.1 Å². The maximum atomic E-state index is 8.90. The molecule has 1 aliphatic heterocycles. The minimum absolute atomic E-state index is 0.479. The summed E-state index contributed by atoms with van der Waals surface area (Å²) in [5.41, 5.74) is 1.61. The van der Waals surface area contributed by atoms with E-state index in [0.717, 1.165) is 24.4 Å². The first-order chi connectivity index (χ1) is 9.22. The summed E-state index contributed by atoms with van der Waals surface area (Å²) in [4.78, 5) is 2.37. The third-order valence-corrected chi connectivity index (χ3v) is 3.64. The first-order valence-electron chi connectivity index (χ1n) is 6.76. The van der Waals surface area contributed by atoms with Crippen LogP contribution in [0.5, 0.6) is 5.75 Å². The molecule has 1 aromatic carbocycles. The van der Waals surface area contributed by atoms with Crippen molar-refractivity contribution in [3.8, 4) is 11.8 Å². The molecule has 0 bridgehead atoms. The first kappa shape index (κ1) is 13.7. The standard InChI is InChI=1S/C15H21N3O/c1-18-8-3-4-13(7-9-18)17-14-6-5-12(11-16)10-15(14)19-2/h5-6,10,13,17H,3-4,7-9H2,1-2H3. The Morgan fingerprint density at radius 3 is 2.95 bits per heavy atom. The fraction of sp³-hybridized carbons (Fsp3) is 0.533. The summed E-state index contributed by atoms with van der Waals surface area (Å²) in [6.45, 7) is 2.29. The van der Waals surface area contributed by atoms with Crippen molar-refractivity contribution in [1.29, 1.82) is 5.26 Å². The van der Waals surface area contributed by atoms with Crippen LogP contribution >= 0.6 is 0 Å². The number of benzene rings is 1. The fourth-order valence-electron chi connectivity index (χ4n) is 2.48. The average molecular weight is 259 g/mol. The number of nitriles is 1. The Morgan fingerprint density at radius 1 is 1.37 bits per heavy atom.